The molecule has 0 aliphatic carbocycles. The van der Waals surface area contributed by atoms with Gasteiger partial charge in [0.15, 0.2) is 0 Å². The molecule has 2 fully saturated rings. The molecule has 1 unspecified atom stereocenters. The quantitative estimate of drug-likeness (QED) is 0.539. The molecule has 5 nitrogen and oxygen atoms in total. The number of amides is 2. The predicted octanol–water partition coefficient (Wildman–Crippen LogP) is 5.31. The van der Waals surface area contributed by atoms with Gasteiger partial charge in [0.1, 0.15) is 0 Å². The number of halogens is 1. The molecule has 2 atom stereocenters. The van der Waals surface area contributed by atoms with E-state index in [2.05, 4.69) is 52.6 Å². The fourth-order valence-electron chi connectivity index (χ4n) is 5.45. The summed E-state index contributed by atoms with van der Waals surface area (Å²) >= 11 is 7.90. The van der Waals surface area contributed by atoms with Crippen LogP contribution in [0.15, 0.2) is 41.1 Å². The Morgan fingerprint density at radius 3 is 2.32 bits per heavy atom. The second kappa shape index (κ2) is 11.2. The van der Waals surface area contributed by atoms with Crippen molar-refractivity contribution in [1.82, 2.24) is 14.7 Å². The van der Waals surface area contributed by atoms with Crippen LogP contribution >= 0.6 is 22.9 Å². The maximum Gasteiger partial charge on any atom is 0.223 e. The molecule has 2 aromatic rings. The molecule has 2 saturated heterocycles. The first-order valence-electron chi connectivity index (χ1n) is 12.4. The molecular formula is C27H36ClN3O2S. The summed E-state index contributed by atoms with van der Waals surface area (Å²) in [6, 6.07) is 10.7. The maximum absolute atomic E-state index is 13.4. The van der Waals surface area contributed by atoms with Gasteiger partial charge in [-0.15, -0.1) is 0 Å². The van der Waals surface area contributed by atoms with E-state index >= 15 is 0 Å². The van der Waals surface area contributed by atoms with Crippen molar-refractivity contribution in [3.05, 3.63) is 57.2 Å². The summed E-state index contributed by atoms with van der Waals surface area (Å²) in [5, 5.41) is 5.11. The number of nitrogens with zero attached hydrogens (tertiary/aromatic N) is 3. The second-order valence-electron chi connectivity index (χ2n) is 10.1. The van der Waals surface area contributed by atoms with Gasteiger partial charge in [-0.3, -0.25) is 14.5 Å². The van der Waals surface area contributed by atoms with Gasteiger partial charge in [-0.25, -0.2) is 0 Å². The SMILES string of the molecule is CC(=O)N1CCC(CC(=O)N2CCN(C(c3ccc(Cl)cc3)c3ccsc3)C[C@@H]2C(C)C)CC1. The minimum absolute atomic E-state index is 0.140. The molecule has 1 aromatic carbocycles. The summed E-state index contributed by atoms with van der Waals surface area (Å²) in [5.41, 5.74) is 2.54. The van der Waals surface area contributed by atoms with E-state index < -0.39 is 0 Å². The lowest BCUT2D eigenvalue weighted by atomic mass is 9.90. The Kier molecular flexibility index (Phi) is 8.33. The van der Waals surface area contributed by atoms with Gasteiger partial charge in [-0.2, -0.15) is 11.3 Å². The van der Waals surface area contributed by atoms with Crippen LogP contribution in [0.3, 0.4) is 0 Å². The van der Waals surface area contributed by atoms with E-state index in [0.717, 1.165) is 50.6 Å². The van der Waals surface area contributed by atoms with E-state index in [1.165, 1.54) is 11.1 Å². The average molecular weight is 502 g/mol. The van der Waals surface area contributed by atoms with E-state index in [1.807, 2.05) is 17.0 Å². The van der Waals surface area contributed by atoms with Crippen LogP contribution in [0.2, 0.25) is 5.02 Å². The van der Waals surface area contributed by atoms with Gasteiger partial charge in [0.05, 0.1) is 6.04 Å². The zero-order valence-corrected chi connectivity index (χ0v) is 22.0. The number of piperidine rings is 1. The Labute approximate surface area is 212 Å². The summed E-state index contributed by atoms with van der Waals surface area (Å²) in [7, 11) is 0. The lowest BCUT2D eigenvalue weighted by molar-refractivity contribution is -0.139. The summed E-state index contributed by atoms with van der Waals surface area (Å²) in [6.07, 6.45) is 2.45. The number of carbonyl (C=O) groups excluding carboxylic acids is 2. The minimum atomic E-state index is 0.140. The van der Waals surface area contributed by atoms with Gasteiger partial charge in [-0.05, 0) is 64.8 Å². The Morgan fingerprint density at radius 1 is 1.03 bits per heavy atom. The third-order valence-corrected chi connectivity index (χ3v) is 8.43. The molecule has 0 bridgehead atoms. The topological polar surface area (TPSA) is 43.9 Å². The van der Waals surface area contributed by atoms with E-state index in [-0.39, 0.29) is 23.9 Å². The highest BCUT2D eigenvalue weighted by atomic mass is 35.5. The van der Waals surface area contributed by atoms with Crippen molar-refractivity contribution in [3.8, 4) is 0 Å². The molecule has 3 heterocycles. The van der Waals surface area contributed by atoms with Crippen molar-refractivity contribution in [2.75, 3.05) is 32.7 Å². The first-order valence-corrected chi connectivity index (χ1v) is 13.7. The number of rotatable bonds is 6. The fourth-order valence-corrected chi connectivity index (χ4v) is 6.26. The molecule has 4 rings (SSSR count). The molecule has 0 saturated carbocycles. The normalized spacial score (nSPS) is 21.1. The van der Waals surface area contributed by atoms with Crippen LogP contribution in [0, 0.1) is 11.8 Å². The third kappa shape index (κ3) is 5.84. The lowest BCUT2D eigenvalue weighted by Crippen LogP contribution is -2.58. The molecule has 34 heavy (non-hydrogen) atoms. The Hall–Kier alpha value is -1.89. The van der Waals surface area contributed by atoms with Crippen molar-refractivity contribution in [3.63, 3.8) is 0 Å². The van der Waals surface area contributed by atoms with Gasteiger partial charge in [0.2, 0.25) is 11.8 Å². The predicted molar refractivity (Wildman–Crippen MR) is 139 cm³/mol. The van der Waals surface area contributed by atoms with Gasteiger partial charge in [0, 0.05) is 57.1 Å². The van der Waals surface area contributed by atoms with E-state index in [0.29, 0.717) is 18.3 Å². The van der Waals surface area contributed by atoms with Crippen LogP contribution in [-0.4, -0.2) is 65.3 Å². The molecule has 1 aromatic heterocycles. The molecule has 184 valence electrons. The first kappa shape index (κ1) is 25.2. The average Bonchev–Trinajstić information content (AvgIpc) is 3.35. The summed E-state index contributed by atoms with van der Waals surface area (Å²) in [6.45, 7) is 10.1. The van der Waals surface area contributed by atoms with Crippen molar-refractivity contribution in [2.24, 2.45) is 11.8 Å². The van der Waals surface area contributed by atoms with Crippen molar-refractivity contribution < 1.29 is 9.59 Å². The van der Waals surface area contributed by atoms with E-state index in [1.54, 1.807) is 18.3 Å². The smallest absolute Gasteiger partial charge is 0.223 e. The second-order valence-corrected chi connectivity index (χ2v) is 11.3. The lowest BCUT2D eigenvalue weighted by Gasteiger charge is -2.46. The van der Waals surface area contributed by atoms with Crippen LogP contribution in [0.5, 0.6) is 0 Å². The molecule has 0 radical (unpaired) electrons. The van der Waals surface area contributed by atoms with Crippen LogP contribution in [-0.2, 0) is 9.59 Å². The van der Waals surface area contributed by atoms with Crippen LogP contribution in [0.25, 0.3) is 0 Å². The van der Waals surface area contributed by atoms with Crippen molar-refractivity contribution in [1.29, 1.82) is 0 Å². The van der Waals surface area contributed by atoms with Gasteiger partial charge < -0.3 is 9.80 Å². The zero-order valence-electron chi connectivity index (χ0n) is 20.5. The molecule has 7 heteroatoms. The molecule has 2 aliphatic rings. The van der Waals surface area contributed by atoms with E-state index in [9.17, 15) is 9.59 Å². The number of piperazine rings is 1. The number of hydrogen-bond donors (Lipinski definition) is 0. The number of carbonyl (C=O) groups is 2. The first-order chi connectivity index (χ1) is 16.3. The Balaban J connectivity index is 1.46. The van der Waals surface area contributed by atoms with Crippen LogP contribution < -0.4 is 0 Å². The monoisotopic (exact) mass is 501 g/mol. The van der Waals surface area contributed by atoms with Crippen LogP contribution in [0.1, 0.15) is 57.2 Å². The number of likely N-dealkylation sites (tertiary alicyclic amines) is 1. The molecule has 0 N–H and O–H groups in total. The summed E-state index contributed by atoms with van der Waals surface area (Å²) < 4.78 is 0. The van der Waals surface area contributed by atoms with Gasteiger partial charge in [0.25, 0.3) is 0 Å². The summed E-state index contributed by atoms with van der Waals surface area (Å²) in [4.78, 5) is 31.6. The van der Waals surface area contributed by atoms with Gasteiger partial charge >= 0.3 is 0 Å². The number of thiophene rings is 1. The van der Waals surface area contributed by atoms with Crippen LogP contribution in [0.4, 0.5) is 0 Å². The van der Waals surface area contributed by atoms with Gasteiger partial charge in [-0.1, -0.05) is 37.6 Å². The van der Waals surface area contributed by atoms with Crippen molar-refractivity contribution in [2.45, 2.75) is 52.1 Å². The molecule has 2 aliphatic heterocycles. The molecule has 0 spiro atoms. The summed E-state index contributed by atoms with van der Waals surface area (Å²) in [5.74, 6) is 1.17. The fraction of sp³-hybridized carbons (Fsp3) is 0.556. The molecule has 2 amide bonds. The van der Waals surface area contributed by atoms with E-state index in [4.69, 9.17) is 11.6 Å². The minimum Gasteiger partial charge on any atom is -0.343 e. The maximum atomic E-state index is 13.4. The number of benzene rings is 1. The molecular weight excluding hydrogens is 466 g/mol. The number of hydrogen-bond acceptors (Lipinski definition) is 4. The Bertz CT molecular complexity index is 955. The van der Waals surface area contributed by atoms with Crippen molar-refractivity contribution >= 4 is 34.8 Å². The highest BCUT2D eigenvalue weighted by molar-refractivity contribution is 7.08. The zero-order chi connectivity index (χ0) is 24.2. The Morgan fingerprint density at radius 2 is 1.74 bits per heavy atom. The standard InChI is InChI=1S/C27H36ClN3O2S/c1-19(2)25-17-30(27(23-10-15-34-18-23)22-4-6-24(28)7-5-22)13-14-31(25)26(33)16-21-8-11-29(12-9-21)20(3)32/h4-7,10,15,18-19,21,25,27H,8-9,11-14,16-17H2,1-3H3/t25-,27?/m1/s1. The largest absolute Gasteiger partial charge is 0.343 e. The highest BCUT2D eigenvalue weighted by Gasteiger charge is 2.37. The third-order valence-electron chi connectivity index (χ3n) is 7.47. The highest BCUT2D eigenvalue weighted by Crippen LogP contribution is 2.34.